The van der Waals surface area contributed by atoms with Crippen molar-refractivity contribution < 1.29 is 19.4 Å². The summed E-state index contributed by atoms with van der Waals surface area (Å²) in [4.78, 5) is 31.8. The van der Waals surface area contributed by atoms with Crippen molar-refractivity contribution in [1.82, 2.24) is 9.88 Å². The lowest BCUT2D eigenvalue weighted by atomic mass is 9.94. The van der Waals surface area contributed by atoms with E-state index < -0.39 is 17.7 Å². The number of amides is 1. The number of ketones is 1. The van der Waals surface area contributed by atoms with Crippen LogP contribution < -0.4 is 4.74 Å². The molecule has 1 aromatic heterocycles. The predicted molar refractivity (Wildman–Crippen MR) is 121 cm³/mol. The molecule has 1 aliphatic rings. The van der Waals surface area contributed by atoms with E-state index in [1.165, 1.54) is 12.0 Å². The Bertz CT molecular complexity index is 1220. The lowest BCUT2D eigenvalue weighted by Crippen LogP contribution is -2.29. The number of nitrogens with zero attached hydrogens (tertiary/aromatic N) is 2. The Labute approximate surface area is 190 Å². The number of aliphatic hydroxyl groups excluding tert-OH is 1. The number of ether oxygens (including phenoxy) is 1. The van der Waals surface area contributed by atoms with Crippen molar-refractivity contribution in [1.29, 1.82) is 0 Å². The standard InChI is InChI=1S/C25H21ClN2O4/c1-15-5-3-7-17(11-15)22-21(23(29)18-8-9-19(26)20(12-18)32-2)24(30)25(31)28(22)14-16-6-4-10-27-13-16/h3-13,22,29H,14H2,1-2H3/b23-21-. The lowest BCUT2D eigenvalue weighted by molar-refractivity contribution is -0.140. The quantitative estimate of drug-likeness (QED) is 0.348. The van der Waals surface area contributed by atoms with Gasteiger partial charge in [0.05, 0.1) is 23.7 Å². The van der Waals surface area contributed by atoms with Crippen molar-refractivity contribution in [2.45, 2.75) is 19.5 Å². The maximum absolute atomic E-state index is 13.1. The van der Waals surface area contributed by atoms with Crippen LogP contribution in [-0.2, 0) is 16.1 Å². The third kappa shape index (κ3) is 3.97. The number of hydrogen-bond acceptors (Lipinski definition) is 5. The normalized spacial score (nSPS) is 17.6. The van der Waals surface area contributed by atoms with Crippen molar-refractivity contribution in [3.63, 3.8) is 0 Å². The monoisotopic (exact) mass is 448 g/mol. The van der Waals surface area contributed by atoms with E-state index in [1.807, 2.05) is 37.3 Å². The molecule has 162 valence electrons. The zero-order valence-corrected chi connectivity index (χ0v) is 18.3. The van der Waals surface area contributed by atoms with E-state index >= 15 is 0 Å². The van der Waals surface area contributed by atoms with Gasteiger partial charge in [-0.15, -0.1) is 0 Å². The van der Waals surface area contributed by atoms with Crippen LogP contribution in [0, 0.1) is 6.92 Å². The van der Waals surface area contributed by atoms with Crippen LogP contribution in [0.5, 0.6) is 5.75 Å². The van der Waals surface area contributed by atoms with Gasteiger partial charge in [-0.1, -0.05) is 47.5 Å². The Morgan fingerprint density at radius 3 is 2.66 bits per heavy atom. The first-order valence-corrected chi connectivity index (χ1v) is 10.4. The molecule has 2 heterocycles. The SMILES string of the molecule is COc1cc(/C(O)=C2/C(=O)C(=O)N(Cc3cccnc3)C2c2cccc(C)c2)ccc1Cl. The molecular weight excluding hydrogens is 428 g/mol. The third-order valence-corrected chi connectivity index (χ3v) is 5.71. The Morgan fingerprint density at radius 2 is 1.97 bits per heavy atom. The number of Topliss-reactive ketones (excluding diaryl/α,β-unsaturated/α-hetero) is 1. The molecule has 32 heavy (non-hydrogen) atoms. The van der Waals surface area contributed by atoms with Crippen molar-refractivity contribution in [2.75, 3.05) is 7.11 Å². The molecule has 1 amide bonds. The summed E-state index contributed by atoms with van der Waals surface area (Å²) in [6, 6.07) is 15.1. The van der Waals surface area contributed by atoms with Crippen LogP contribution in [0.15, 0.2) is 72.6 Å². The minimum absolute atomic E-state index is 0.0221. The topological polar surface area (TPSA) is 79.7 Å². The van der Waals surface area contributed by atoms with E-state index in [-0.39, 0.29) is 17.9 Å². The molecule has 4 rings (SSSR count). The van der Waals surface area contributed by atoms with E-state index in [9.17, 15) is 14.7 Å². The number of hydrogen-bond donors (Lipinski definition) is 1. The highest BCUT2D eigenvalue weighted by molar-refractivity contribution is 6.46. The molecule has 0 bridgehead atoms. The largest absolute Gasteiger partial charge is 0.507 e. The molecule has 0 aliphatic carbocycles. The summed E-state index contributed by atoms with van der Waals surface area (Å²) >= 11 is 6.11. The summed E-state index contributed by atoms with van der Waals surface area (Å²) in [6.07, 6.45) is 3.29. The van der Waals surface area contributed by atoms with Crippen LogP contribution >= 0.6 is 11.6 Å². The highest BCUT2D eigenvalue weighted by Crippen LogP contribution is 2.41. The second-order valence-corrected chi connectivity index (χ2v) is 7.96. The summed E-state index contributed by atoms with van der Waals surface area (Å²) in [5, 5.41) is 11.5. The maximum atomic E-state index is 13.1. The molecule has 1 saturated heterocycles. The number of aryl methyl sites for hydroxylation is 1. The van der Waals surface area contributed by atoms with Gasteiger partial charge < -0.3 is 14.7 Å². The zero-order chi connectivity index (χ0) is 22.8. The molecule has 3 aromatic rings. The fraction of sp³-hybridized carbons (Fsp3) is 0.160. The molecule has 1 N–H and O–H groups in total. The van der Waals surface area contributed by atoms with Gasteiger partial charge in [-0.25, -0.2) is 0 Å². The average Bonchev–Trinajstić information content (AvgIpc) is 3.04. The molecule has 0 spiro atoms. The van der Waals surface area contributed by atoms with Crippen molar-refractivity contribution in [3.8, 4) is 5.75 Å². The van der Waals surface area contributed by atoms with Crippen LogP contribution in [0.1, 0.15) is 28.3 Å². The number of carbonyl (C=O) groups is 2. The Balaban J connectivity index is 1.88. The number of pyridine rings is 1. The number of methoxy groups -OCH3 is 1. The van der Waals surface area contributed by atoms with Gasteiger partial charge in [0.15, 0.2) is 0 Å². The van der Waals surface area contributed by atoms with E-state index in [4.69, 9.17) is 16.3 Å². The van der Waals surface area contributed by atoms with Gasteiger partial charge in [0.2, 0.25) is 0 Å². The average molecular weight is 449 g/mol. The fourth-order valence-corrected chi connectivity index (χ4v) is 4.08. The van der Waals surface area contributed by atoms with E-state index in [1.54, 1.807) is 36.7 Å². The number of carbonyl (C=O) groups excluding carboxylic acids is 2. The van der Waals surface area contributed by atoms with Crippen LogP contribution in [0.25, 0.3) is 5.76 Å². The number of aromatic nitrogens is 1. The van der Waals surface area contributed by atoms with Gasteiger partial charge in [-0.3, -0.25) is 14.6 Å². The van der Waals surface area contributed by atoms with Gasteiger partial charge in [-0.2, -0.15) is 0 Å². The van der Waals surface area contributed by atoms with Gasteiger partial charge in [0, 0.05) is 24.5 Å². The second kappa shape index (κ2) is 8.85. The number of halogens is 1. The summed E-state index contributed by atoms with van der Waals surface area (Å²) in [5.74, 6) is -1.35. The molecule has 1 atom stereocenters. The molecule has 2 aromatic carbocycles. The highest BCUT2D eigenvalue weighted by atomic mass is 35.5. The molecule has 7 heteroatoms. The minimum Gasteiger partial charge on any atom is -0.507 e. The van der Waals surface area contributed by atoms with Crippen molar-refractivity contribution in [2.24, 2.45) is 0 Å². The molecule has 0 saturated carbocycles. The fourth-order valence-electron chi connectivity index (χ4n) is 3.88. The highest BCUT2D eigenvalue weighted by Gasteiger charge is 2.46. The van der Waals surface area contributed by atoms with E-state index in [0.29, 0.717) is 16.3 Å². The molecule has 1 aliphatic heterocycles. The first-order valence-electron chi connectivity index (χ1n) is 9.98. The van der Waals surface area contributed by atoms with Crippen LogP contribution in [0.2, 0.25) is 5.02 Å². The Kier molecular flexibility index (Phi) is 5.97. The Hall–Kier alpha value is -3.64. The summed E-state index contributed by atoms with van der Waals surface area (Å²) in [5.41, 5.74) is 2.84. The predicted octanol–water partition coefficient (Wildman–Crippen LogP) is 4.67. The first kappa shape index (κ1) is 21.6. The summed E-state index contributed by atoms with van der Waals surface area (Å²) < 4.78 is 5.24. The van der Waals surface area contributed by atoms with E-state index in [0.717, 1.165) is 16.7 Å². The smallest absolute Gasteiger partial charge is 0.295 e. The Morgan fingerprint density at radius 1 is 1.16 bits per heavy atom. The summed E-state index contributed by atoms with van der Waals surface area (Å²) in [7, 11) is 1.46. The number of likely N-dealkylation sites (tertiary alicyclic amines) is 1. The molecule has 6 nitrogen and oxygen atoms in total. The third-order valence-electron chi connectivity index (χ3n) is 5.40. The zero-order valence-electron chi connectivity index (χ0n) is 17.6. The van der Waals surface area contributed by atoms with Crippen LogP contribution in [-0.4, -0.2) is 33.8 Å². The molecule has 0 radical (unpaired) electrons. The van der Waals surface area contributed by atoms with Gasteiger partial charge >= 0.3 is 0 Å². The van der Waals surface area contributed by atoms with E-state index in [2.05, 4.69) is 4.98 Å². The first-order chi connectivity index (χ1) is 15.4. The summed E-state index contributed by atoms with van der Waals surface area (Å²) in [6.45, 7) is 2.11. The molecule has 1 fully saturated rings. The number of rotatable bonds is 5. The van der Waals surface area contributed by atoms with Crippen LogP contribution in [0.4, 0.5) is 0 Å². The number of benzene rings is 2. The molecule has 1 unspecified atom stereocenters. The van der Waals surface area contributed by atoms with Gasteiger partial charge in [-0.05, 0) is 42.3 Å². The van der Waals surface area contributed by atoms with Crippen molar-refractivity contribution in [3.05, 3.63) is 99.8 Å². The van der Waals surface area contributed by atoms with Gasteiger partial charge in [0.1, 0.15) is 11.5 Å². The lowest BCUT2D eigenvalue weighted by Gasteiger charge is -2.25. The maximum Gasteiger partial charge on any atom is 0.295 e. The second-order valence-electron chi connectivity index (χ2n) is 7.55. The van der Waals surface area contributed by atoms with Gasteiger partial charge in [0.25, 0.3) is 11.7 Å². The molecular formula is C25H21ClN2O4. The number of aliphatic hydroxyl groups is 1. The van der Waals surface area contributed by atoms with Crippen molar-refractivity contribution >= 4 is 29.1 Å². The minimum atomic E-state index is -0.753. The van der Waals surface area contributed by atoms with Crippen LogP contribution in [0.3, 0.4) is 0 Å².